The molecule has 2 aromatic rings. The third kappa shape index (κ3) is 3.30. The van der Waals surface area contributed by atoms with Gasteiger partial charge in [-0.2, -0.15) is 0 Å². The van der Waals surface area contributed by atoms with Crippen LogP contribution in [0.1, 0.15) is 17.9 Å². The van der Waals surface area contributed by atoms with Crippen LogP contribution in [0.15, 0.2) is 48.5 Å². The minimum atomic E-state index is -0.588. The van der Waals surface area contributed by atoms with Gasteiger partial charge in [-0.25, -0.2) is 10.0 Å². The highest BCUT2D eigenvalue weighted by Crippen LogP contribution is 2.46. The topological polar surface area (TPSA) is 62.3 Å². The second-order valence-corrected chi connectivity index (χ2v) is 8.39. The van der Waals surface area contributed by atoms with Crippen molar-refractivity contribution in [3.8, 4) is 11.5 Å². The monoisotopic (exact) mass is 427 g/mol. The number of carbonyl (C=O) groups excluding carboxylic acids is 2. The first kappa shape index (κ1) is 20.6. The van der Waals surface area contributed by atoms with E-state index in [9.17, 15) is 9.59 Å². The van der Waals surface area contributed by atoms with Gasteiger partial charge in [-0.1, -0.05) is 18.2 Å². The third-order valence-corrected chi connectivity index (χ3v) is 6.95. The molecule has 2 amide bonds. The van der Waals surface area contributed by atoms with Crippen LogP contribution in [0.4, 0.5) is 5.69 Å². The molecule has 3 atom stereocenters. The summed E-state index contributed by atoms with van der Waals surface area (Å²) in [5, 5.41) is 3.26. The van der Waals surface area contributed by atoms with Crippen LogP contribution in [-0.2, 0) is 9.59 Å². The van der Waals surface area contributed by atoms with Crippen LogP contribution in [0.5, 0.6) is 11.5 Å². The van der Waals surface area contributed by atoms with Gasteiger partial charge in [0.2, 0.25) is 5.91 Å². The van der Waals surface area contributed by atoms with Crippen molar-refractivity contribution in [2.45, 2.75) is 24.4 Å². The van der Waals surface area contributed by atoms with E-state index in [1.807, 2.05) is 61.4 Å². The Balaban J connectivity index is 1.71. The Morgan fingerprint density at radius 1 is 1.03 bits per heavy atom. The lowest BCUT2D eigenvalue weighted by Crippen LogP contribution is -2.47. The summed E-state index contributed by atoms with van der Waals surface area (Å²) in [6.07, 6.45) is 0. The van der Waals surface area contributed by atoms with Gasteiger partial charge in [0.15, 0.2) is 0 Å². The Bertz CT molecular complexity index is 955. The fraction of sp³-hybridized carbons (Fsp3) is 0.364. The van der Waals surface area contributed by atoms with Crippen LogP contribution in [-0.4, -0.2) is 60.8 Å². The average molecular weight is 428 g/mol. The van der Waals surface area contributed by atoms with Crippen LogP contribution in [0.2, 0.25) is 0 Å². The van der Waals surface area contributed by atoms with Crippen LogP contribution in [0.3, 0.4) is 0 Å². The number of hydrogen-bond donors (Lipinski definition) is 0. The van der Waals surface area contributed by atoms with E-state index in [1.54, 1.807) is 30.2 Å². The summed E-state index contributed by atoms with van der Waals surface area (Å²) in [4.78, 5) is 28.2. The van der Waals surface area contributed by atoms with Crippen LogP contribution >= 0.6 is 11.8 Å². The molecule has 2 aromatic carbocycles. The van der Waals surface area contributed by atoms with Crippen LogP contribution in [0, 0.1) is 0 Å². The number of para-hydroxylation sites is 1. The summed E-state index contributed by atoms with van der Waals surface area (Å²) in [7, 11) is 5.08. The van der Waals surface area contributed by atoms with E-state index in [0.29, 0.717) is 17.3 Å². The standard InChI is InChI=1S/C22H25N3O4S/c1-14-20(21(27)25(23(14)2)15-8-6-5-7-9-15)24-19(26)13-30-22(24)17-11-10-16(28-3)12-18(17)29-4/h5-12,14,20,22H,13H2,1-4H3/t14-,20+,22-/m1/s1. The molecule has 8 heteroatoms. The zero-order chi connectivity index (χ0) is 21.4. The number of amides is 2. The number of anilines is 1. The van der Waals surface area contributed by atoms with Gasteiger partial charge in [0.25, 0.3) is 5.91 Å². The highest BCUT2D eigenvalue weighted by molar-refractivity contribution is 8.00. The molecule has 2 aliphatic heterocycles. The van der Waals surface area contributed by atoms with Gasteiger partial charge < -0.3 is 14.4 Å². The van der Waals surface area contributed by atoms with E-state index < -0.39 is 6.04 Å². The summed E-state index contributed by atoms with van der Waals surface area (Å²) in [5.74, 6) is 1.49. The molecule has 0 aliphatic carbocycles. The molecule has 158 valence electrons. The Morgan fingerprint density at radius 2 is 1.77 bits per heavy atom. The van der Waals surface area contributed by atoms with E-state index in [0.717, 1.165) is 11.3 Å². The van der Waals surface area contributed by atoms with Crippen molar-refractivity contribution < 1.29 is 19.1 Å². The third-order valence-electron chi connectivity index (χ3n) is 5.74. The number of benzene rings is 2. The van der Waals surface area contributed by atoms with Crippen LogP contribution < -0.4 is 14.5 Å². The highest BCUT2D eigenvalue weighted by Gasteiger charge is 2.52. The number of nitrogens with zero attached hydrogens (tertiary/aromatic N) is 3. The number of carbonyl (C=O) groups is 2. The minimum Gasteiger partial charge on any atom is -0.497 e. The van der Waals surface area contributed by atoms with Crippen molar-refractivity contribution >= 4 is 29.3 Å². The first-order valence-electron chi connectivity index (χ1n) is 9.74. The van der Waals surface area contributed by atoms with Crippen molar-refractivity contribution in [1.82, 2.24) is 9.91 Å². The molecule has 0 saturated carbocycles. The van der Waals surface area contributed by atoms with Gasteiger partial charge in [-0.05, 0) is 31.2 Å². The molecule has 0 spiro atoms. The van der Waals surface area contributed by atoms with Gasteiger partial charge >= 0.3 is 0 Å². The SMILES string of the molecule is COc1ccc([C@H]2SCC(=O)N2[C@@H]2C(=O)N(c3ccccc3)N(C)[C@@H]2C)c(OC)c1. The van der Waals surface area contributed by atoms with Crippen molar-refractivity contribution in [3.63, 3.8) is 0 Å². The maximum Gasteiger partial charge on any atom is 0.266 e. The Kier molecular flexibility index (Phi) is 5.62. The minimum absolute atomic E-state index is 0.0450. The van der Waals surface area contributed by atoms with Crippen molar-refractivity contribution in [2.75, 3.05) is 32.0 Å². The number of methoxy groups -OCH3 is 2. The van der Waals surface area contributed by atoms with E-state index in [2.05, 4.69) is 0 Å². The summed E-state index contributed by atoms with van der Waals surface area (Å²) < 4.78 is 10.9. The van der Waals surface area contributed by atoms with Gasteiger partial charge in [0, 0.05) is 18.7 Å². The molecule has 0 bridgehead atoms. The normalized spacial score (nSPS) is 24.6. The molecule has 2 fully saturated rings. The van der Waals surface area contributed by atoms with E-state index in [-0.39, 0.29) is 23.2 Å². The molecule has 2 aliphatic rings. The Hall–Kier alpha value is -2.71. The molecule has 0 radical (unpaired) electrons. The predicted octanol–water partition coefficient (Wildman–Crippen LogP) is 2.93. The number of ether oxygens (including phenoxy) is 2. The first-order valence-corrected chi connectivity index (χ1v) is 10.8. The smallest absolute Gasteiger partial charge is 0.266 e. The maximum absolute atomic E-state index is 13.5. The molecule has 4 rings (SSSR count). The number of rotatable bonds is 5. The van der Waals surface area contributed by atoms with Crippen molar-refractivity contribution in [2.24, 2.45) is 0 Å². The summed E-state index contributed by atoms with van der Waals surface area (Å²) in [6.45, 7) is 1.98. The van der Waals surface area contributed by atoms with E-state index >= 15 is 0 Å². The largest absolute Gasteiger partial charge is 0.497 e. The Labute approximate surface area is 180 Å². The molecular formula is C22H25N3O4S. The average Bonchev–Trinajstić information content (AvgIpc) is 3.24. The molecule has 30 heavy (non-hydrogen) atoms. The predicted molar refractivity (Wildman–Crippen MR) is 117 cm³/mol. The lowest BCUT2D eigenvalue weighted by Gasteiger charge is -2.31. The number of hydrazine groups is 1. The first-order chi connectivity index (χ1) is 14.5. The number of likely N-dealkylation sites (N-methyl/N-ethyl adjacent to an activating group) is 1. The van der Waals surface area contributed by atoms with Gasteiger partial charge in [-0.3, -0.25) is 9.59 Å². The fourth-order valence-corrected chi connectivity index (χ4v) is 5.34. The zero-order valence-electron chi connectivity index (χ0n) is 17.4. The van der Waals surface area contributed by atoms with Crippen LogP contribution in [0.25, 0.3) is 0 Å². The lowest BCUT2D eigenvalue weighted by molar-refractivity contribution is -0.136. The molecule has 0 unspecified atom stereocenters. The highest BCUT2D eigenvalue weighted by atomic mass is 32.2. The van der Waals surface area contributed by atoms with E-state index in [4.69, 9.17) is 9.47 Å². The second-order valence-electron chi connectivity index (χ2n) is 7.32. The molecule has 2 saturated heterocycles. The zero-order valence-corrected chi connectivity index (χ0v) is 18.3. The summed E-state index contributed by atoms with van der Waals surface area (Å²) in [6, 6.07) is 14.3. The van der Waals surface area contributed by atoms with Crippen molar-refractivity contribution in [1.29, 1.82) is 0 Å². The number of thioether (sulfide) groups is 1. The summed E-state index contributed by atoms with van der Waals surface area (Å²) >= 11 is 1.51. The quantitative estimate of drug-likeness (QED) is 0.731. The summed E-state index contributed by atoms with van der Waals surface area (Å²) in [5.41, 5.74) is 1.65. The molecule has 0 N–H and O–H groups in total. The van der Waals surface area contributed by atoms with Gasteiger partial charge in [-0.15, -0.1) is 11.8 Å². The van der Waals surface area contributed by atoms with Gasteiger partial charge in [0.05, 0.1) is 31.7 Å². The molecule has 7 nitrogen and oxygen atoms in total. The number of hydrogen-bond acceptors (Lipinski definition) is 6. The van der Waals surface area contributed by atoms with Gasteiger partial charge in [0.1, 0.15) is 22.9 Å². The van der Waals surface area contributed by atoms with E-state index in [1.165, 1.54) is 11.8 Å². The Morgan fingerprint density at radius 3 is 2.43 bits per heavy atom. The molecule has 0 aromatic heterocycles. The maximum atomic E-state index is 13.5. The van der Waals surface area contributed by atoms with Crippen molar-refractivity contribution in [3.05, 3.63) is 54.1 Å². The fourth-order valence-electron chi connectivity index (χ4n) is 4.10. The lowest BCUT2D eigenvalue weighted by atomic mass is 10.1. The second kappa shape index (κ2) is 8.20. The molecular weight excluding hydrogens is 402 g/mol. The molecule has 2 heterocycles.